The topological polar surface area (TPSA) is 32.3 Å². The minimum absolute atomic E-state index is 0.0673. The summed E-state index contributed by atoms with van der Waals surface area (Å²) in [4.78, 5) is 14.1. The van der Waals surface area contributed by atoms with Gasteiger partial charge in [-0.3, -0.25) is 4.79 Å². The highest BCUT2D eigenvalue weighted by Crippen LogP contribution is 2.09. The van der Waals surface area contributed by atoms with E-state index < -0.39 is 0 Å². The number of hydrogen-bond acceptors (Lipinski definition) is 3. The van der Waals surface area contributed by atoms with Gasteiger partial charge in [0.2, 0.25) is 5.91 Å². The predicted molar refractivity (Wildman–Crippen MR) is 93.6 cm³/mol. The summed E-state index contributed by atoms with van der Waals surface area (Å²) in [5.41, 5.74) is 3.45. The van der Waals surface area contributed by atoms with Gasteiger partial charge in [0.25, 0.3) is 0 Å². The van der Waals surface area contributed by atoms with Gasteiger partial charge in [-0.1, -0.05) is 31.2 Å². The second-order valence-electron chi connectivity index (χ2n) is 5.26. The van der Waals surface area contributed by atoms with Gasteiger partial charge in [0.1, 0.15) is 0 Å². The number of rotatable bonds is 7. The van der Waals surface area contributed by atoms with E-state index in [1.54, 1.807) is 17.4 Å². The number of carbonyl (C=O) groups is 1. The van der Waals surface area contributed by atoms with Crippen LogP contribution in [0.5, 0.6) is 0 Å². The van der Waals surface area contributed by atoms with Crippen LogP contribution in [0, 0.1) is 0 Å². The van der Waals surface area contributed by atoms with Crippen molar-refractivity contribution in [1.82, 2.24) is 10.2 Å². The molecule has 1 amide bonds. The monoisotopic (exact) mass is 314 g/mol. The third-order valence-electron chi connectivity index (χ3n) is 3.42. The first-order valence-corrected chi connectivity index (χ1v) is 8.36. The molecule has 116 valence electrons. The number of amides is 1. The first kappa shape index (κ1) is 16.5. The second-order valence-corrected chi connectivity index (χ2v) is 6.04. The van der Waals surface area contributed by atoms with Crippen LogP contribution in [0.25, 0.3) is 6.08 Å². The lowest BCUT2D eigenvalue weighted by Gasteiger charge is -2.14. The van der Waals surface area contributed by atoms with Crippen molar-refractivity contribution in [2.45, 2.75) is 20.0 Å². The van der Waals surface area contributed by atoms with E-state index in [4.69, 9.17) is 0 Å². The van der Waals surface area contributed by atoms with Crippen LogP contribution in [0.15, 0.2) is 47.2 Å². The van der Waals surface area contributed by atoms with Crippen molar-refractivity contribution in [3.05, 3.63) is 63.9 Å². The highest BCUT2D eigenvalue weighted by Gasteiger charge is 2.01. The third-order valence-corrected chi connectivity index (χ3v) is 4.12. The molecular weight excluding hydrogens is 292 g/mol. The Labute approximate surface area is 136 Å². The number of carbonyl (C=O) groups excluding carboxylic acids is 1. The Kier molecular flexibility index (Phi) is 6.37. The Morgan fingerprint density at radius 1 is 1.32 bits per heavy atom. The minimum atomic E-state index is -0.0673. The van der Waals surface area contributed by atoms with Crippen LogP contribution in [0.2, 0.25) is 0 Å². The number of thiophene rings is 1. The molecule has 4 heteroatoms. The number of nitrogens with one attached hydrogen (secondary N) is 1. The zero-order chi connectivity index (χ0) is 15.8. The molecule has 0 bridgehead atoms. The van der Waals surface area contributed by atoms with Gasteiger partial charge in [-0.2, -0.15) is 11.3 Å². The number of hydrogen-bond donors (Lipinski definition) is 1. The van der Waals surface area contributed by atoms with Crippen LogP contribution >= 0.6 is 11.3 Å². The molecule has 3 nitrogen and oxygen atoms in total. The summed E-state index contributed by atoms with van der Waals surface area (Å²) in [5, 5.41) is 6.93. The maximum Gasteiger partial charge on any atom is 0.244 e. The summed E-state index contributed by atoms with van der Waals surface area (Å²) in [7, 11) is 2.10. The smallest absolute Gasteiger partial charge is 0.244 e. The van der Waals surface area contributed by atoms with E-state index in [-0.39, 0.29) is 5.91 Å². The Hall–Kier alpha value is -1.91. The molecule has 1 N–H and O–H groups in total. The molecule has 1 aromatic heterocycles. The Morgan fingerprint density at radius 2 is 2.14 bits per heavy atom. The summed E-state index contributed by atoms with van der Waals surface area (Å²) in [5.74, 6) is -0.0673. The van der Waals surface area contributed by atoms with Crippen molar-refractivity contribution < 1.29 is 4.79 Å². The maximum atomic E-state index is 11.8. The molecule has 2 rings (SSSR count). The van der Waals surface area contributed by atoms with Gasteiger partial charge in [0, 0.05) is 19.2 Å². The molecule has 0 aliphatic heterocycles. The van der Waals surface area contributed by atoms with Gasteiger partial charge in [0.05, 0.1) is 0 Å². The van der Waals surface area contributed by atoms with Crippen molar-refractivity contribution in [3.63, 3.8) is 0 Å². The van der Waals surface area contributed by atoms with Crippen molar-refractivity contribution in [2.24, 2.45) is 0 Å². The van der Waals surface area contributed by atoms with Crippen molar-refractivity contribution in [3.8, 4) is 0 Å². The number of benzene rings is 1. The van der Waals surface area contributed by atoms with Gasteiger partial charge < -0.3 is 10.2 Å². The molecule has 1 aromatic carbocycles. The normalized spacial score (nSPS) is 11.2. The van der Waals surface area contributed by atoms with Crippen LogP contribution in [0.4, 0.5) is 0 Å². The third kappa shape index (κ3) is 5.47. The summed E-state index contributed by atoms with van der Waals surface area (Å²) in [6.45, 7) is 4.64. The molecule has 0 saturated heterocycles. The molecule has 0 spiro atoms. The van der Waals surface area contributed by atoms with E-state index in [1.165, 1.54) is 5.56 Å². The van der Waals surface area contributed by atoms with Gasteiger partial charge in [0.15, 0.2) is 0 Å². The minimum Gasteiger partial charge on any atom is -0.348 e. The highest BCUT2D eigenvalue weighted by atomic mass is 32.1. The first-order valence-electron chi connectivity index (χ1n) is 7.42. The average molecular weight is 314 g/mol. The lowest BCUT2D eigenvalue weighted by molar-refractivity contribution is -0.116. The van der Waals surface area contributed by atoms with E-state index in [1.807, 2.05) is 35.0 Å². The zero-order valence-corrected chi connectivity index (χ0v) is 13.9. The number of nitrogens with zero attached hydrogens (tertiary/aromatic N) is 1. The maximum absolute atomic E-state index is 11.8. The summed E-state index contributed by atoms with van der Waals surface area (Å²) in [6, 6.07) is 10.3. The molecule has 0 radical (unpaired) electrons. The Bertz CT molecular complexity index is 620. The molecule has 2 aromatic rings. The Balaban J connectivity index is 1.85. The van der Waals surface area contributed by atoms with Crippen molar-refractivity contribution in [2.75, 3.05) is 13.6 Å². The molecular formula is C18H22N2OS. The standard InChI is InChI=1S/C18H22N2OS/c1-3-20(2)13-17-6-4-5-16(11-17)12-19-18(21)8-7-15-9-10-22-14-15/h4-11,14H,3,12-13H2,1-2H3,(H,19,21)/b8-7+. The Morgan fingerprint density at radius 3 is 2.86 bits per heavy atom. The van der Waals surface area contributed by atoms with Crippen LogP contribution in [-0.2, 0) is 17.9 Å². The molecule has 0 saturated carbocycles. The van der Waals surface area contributed by atoms with E-state index in [2.05, 4.69) is 36.3 Å². The summed E-state index contributed by atoms with van der Waals surface area (Å²) < 4.78 is 0. The molecule has 0 fully saturated rings. The molecule has 0 unspecified atom stereocenters. The summed E-state index contributed by atoms with van der Waals surface area (Å²) >= 11 is 1.62. The molecule has 0 aliphatic carbocycles. The fourth-order valence-electron chi connectivity index (χ4n) is 2.05. The lowest BCUT2D eigenvalue weighted by Crippen LogP contribution is -2.20. The van der Waals surface area contributed by atoms with Gasteiger partial charge in [-0.05, 0) is 53.2 Å². The van der Waals surface area contributed by atoms with E-state index in [0.29, 0.717) is 6.54 Å². The van der Waals surface area contributed by atoms with Gasteiger partial charge in [-0.15, -0.1) is 0 Å². The van der Waals surface area contributed by atoms with E-state index >= 15 is 0 Å². The van der Waals surface area contributed by atoms with Crippen LogP contribution in [-0.4, -0.2) is 24.4 Å². The summed E-state index contributed by atoms with van der Waals surface area (Å²) in [6.07, 6.45) is 3.41. The van der Waals surface area contributed by atoms with Crippen LogP contribution in [0.3, 0.4) is 0 Å². The highest BCUT2D eigenvalue weighted by molar-refractivity contribution is 7.08. The fraction of sp³-hybridized carbons (Fsp3) is 0.278. The van der Waals surface area contributed by atoms with Crippen molar-refractivity contribution >= 4 is 23.3 Å². The zero-order valence-electron chi connectivity index (χ0n) is 13.1. The largest absolute Gasteiger partial charge is 0.348 e. The molecule has 0 atom stereocenters. The first-order chi connectivity index (χ1) is 10.7. The van der Waals surface area contributed by atoms with Gasteiger partial charge in [-0.25, -0.2) is 0 Å². The van der Waals surface area contributed by atoms with E-state index in [0.717, 1.165) is 24.2 Å². The van der Waals surface area contributed by atoms with Crippen LogP contribution < -0.4 is 5.32 Å². The second kappa shape index (κ2) is 8.51. The van der Waals surface area contributed by atoms with Crippen molar-refractivity contribution in [1.29, 1.82) is 0 Å². The molecule has 22 heavy (non-hydrogen) atoms. The fourth-order valence-corrected chi connectivity index (χ4v) is 2.68. The van der Waals surface area contributed by atoms with E-state index in [9.17, 15) is 4.79 Å². The predicted octanol–water partition coefficient (Wildman–Crippen LogP) is 3.53. The quantitative estimate of drug-likeness (QED) is 0.793. The molecule has 1 heterocycles. The average Bonchev–Trinajstić information content (AvgIpc) is 3.04. The molecule has 0 aliphatic rings. The lowest BCUT2D eigenvalue weighted by atomic mass is 10.1. The SMILES string of the molecule is CCN(C)Cc1cccc(CNC(=O)/C=C/c2ccsc2)c1. The van der Waals surface area contributed by atoms with Gasteiger partial charge >= 0.3 is 0 Å². The van der Waals surface area contributed by atoms with Crippen LogP contribution in [0.1, 0.15) is 23.6 Å².